The molecule has 1 aliphatic heterocycles. The Balaban J connectivity index is 1.80. The van der Waals surface area contributed by atoms with Crippen molar-refractivity contribution in [3.63, 3.8) is 0 Å². The lowest BCUT2D eigenvalue weighted by Crippen LogP contribution is -2.07. The van der Waals surface area contributed by atoms with E-state index in [0.717, 1.165) is 22.7 Å². The minimum absolute atomic E-state index is 0.0557. The second kappa shape index (κ2) is 5.43. The average Bonchev–Trinajstić information content (AvgIpc) is 2.85. The molecule has 1 aliphatic rings. The van der Waals surface area contributed by atoms with Gasteiger partial charge in [-0.3, -0.25) is 0 Å². The van der Waals surface area contributed by atoms with Gasteiger partial charge in [-0.15, -0.1) is 0 Å². The van der Waals surface area contributed by atoms with Crippen LogP contribution in [0.2, 0.25) is 10.0 Å². The van der Waals surface area contributed by atoms with Gasteiger partial charge in [0.1, 0.15) is 0 Å². The first kappa shape index (κ1) is 13.4. The molecule has 0 radical (unpaired) electrons. The second-order valence-electron chi connectivity index (χ2n) is 4.60. The van der Waals surface area contributed by atoms with E-state index in [1.807, 2.05) is 37.3 Å². The van der Waals surface area contributed by atoms with Crippen LogP contribution in [0.4, 0.5) is 5.69 Å². The predicted molar refractivity (Wildman–Crippen MR) is 81.1 cm³/mol. The van der Waals surface area contributed by atoms with Crippen molar-refractivity contribution >= 4 is 28.9 Å². The van der Waals surface area contributed by atoms with Gasteiger partial charge in [0, 0.05) is 27.8 Å². The van der Waals surface area contributed by atoms with Gasteiger partial charge >= 0.3 is 0 Å². The molecule has 2 aromatic carbocycles. The van der Waals surface area contributed by atoms with Crippen LogP contribution in [-0.2, 0) is 0 Å². The van der Waals surface area contributed by atoms with Crippen LogP contribution >= 0.6 is 23.2 Å². The third-order valence-electron chi connectivity index (χ3n) is 3.18. The molecule has 0 aliphatic carbocycles. The first-order valence-electron chi connectivity index (χ1n) is 6.24. The first-order chi connectivity index (χ1) is 9.63. The van der Waals surface area contributed by atoms with Gasteiger partial charge in [-0.05, 0) is 36.8 Å². The van der Waals surface area contributed by atoms with Crippen LogP contribution in [-0.4, -0.2) is 6.79 Å². The third kappa shape index (κ3) is 2.65. The number of hydrogen-bond acceptors (Lipinski definition) is 3. The fraction of sp³-hybridized carbons (Fsp3) is 0.200. The lowest BCUT2D eigenvalue weighted by molar-refractivity contribution is 0.174. The molecule has 1 heterocycles. The van der Waals surface area contributed by atoms with Crippen molar-refractivity contribution in [2.75, 3.05) is 12.1 Å². The molecule has 20 heavy (non-hydrogen) atoms. The average molecular weight is 310 g/mol. The maximum atomic E-state index is 6.22. The van der Waals surface area contributed by atoms with Crippen molar-refractivity contribution in [2.45, 2.75) is 13.0 Å². The summed E-state index contributed by atoms with van der Waals surface area (Å²) in [5.41, 5.74) is 1.95. The van der Waals surface area contributed by atoms with Crippen molar-refractivity contribution in [2.24, 2.45) is 0 Å². The van der Waals surface area contributed by atoms with Crippen LogP contribution in [0.15, 0.2) is 36.4 Å². The maximum Gasteiger partial charge on any atom is 0.231 e. The number of nitrogens with one attached hydrogen (secondary N) is 1. The number of rotatable bonds is 3. The number of fused-ring (bicyclic) bond motifs is 1. The van der Waals surface area contributed by atoms with E-state index in [4.69, 9.17) is 32.7 Å². The van der Waals surface area contributed by atoms with Gasteiger partial charge in [-0.2, -0.15) is 0 Å². The maximum absolute atomic E-state index is 6.22. The Bertz CT molecular complexity index is 646. The smallest absolute Gasteiger partial charge is 0.231 e. The molecule has 0 amide bonds. The van der Waals surface area contributed by atoms with Crippen molar-refractivity contribution in [1.82, 2.24) is 0 Å². The largest absolute Gasteiger partial charge is 0.454 e. The molecule has 0 saturated carbocycles. The summed E-state index contributed by atoms with van der Waals surface area (Å²) in [4.78, 5) is 0. The zero-order valence-corrected chi connectivity index (χ0v) is 12.3. The Morgan fingerprint density at radius 3 is 2.65 bits per heavy atom. The molecule has 0 saturated heterocycles. The molecule has 0 aromatic heterocycles. The molecule has 104 valence electrons. The minimum atomic E-state index is 0.0557. The molecule has 2 aromatic rings. The standard InChI is InChI=1S/C15H13Cl2NO2/c1-9(12-4-2-10(16)6-13(12)17)18-11-3-5-14-15(7-11)20-8-19-14/h2-7,9,18H,8H2,1H3. The van der Waals surface area contributed by atoms with E-state index in [0.29, 0.717) is 10.0 Å². The number of hydrogen-bond donors (Lipinski definition) is 1. The van der Waals surface area contributed by atoms with E-state index in [1.54, 1.807) is 6.07 Å². The van der Waals surface area contributed by atoms with E-state index < -0.39 is 0 Å². The van der Waals surface area contributed by atoms with Gasteiger partial charge in [-0.25, -0.2) is 0 Å². The quantitative estimate of drug-likeness (QED) is 0.875. The normalized spacial score (nSPS) is 14.2. The Morgan fingerprint density at radius 1 is 1.05 bits per heavy atom. The summed E-state index contributed by atoms with van der Waals surface area (Å²) >= 11 is 12.1. The number of ether oxygens (including phenoxy) is 2. The van der Waals surface area contributed by atoms with Crippen molar-refractivity contribution in [3.05, 3.63) is 52.0 Å². The Labute approximate surface area is 127 Å². The SMILES string of the molecule is CC(Nc1ccc2c(c1)OCO2)c1ccc(Cl)cc1Cl. The van der Waals surface area contributed by atoms with Crippen LogP contribution < -0.4 is 14.8 Å². The van der Waals surface area contributed by atoms with E-state index >= 15 is 0 Å². The Hall–Kier alpha value is -1.58. The van der Waals surface area contributed by atoms with Gasteiger partial charge in [0.25, 0.3) is 0 Å². The molecule has 1 atom stereocenters. The van der Waals surface area contributed by atoms with Crippen LogP contribution in [0.5, 0.6) is 11.5 Å². The summed E-state index contributed by atoms with van der Waals surface area (Å²) in [6, 6.07) is 11.3. The fourth-order valence-electron chi connectivity index (χ4n) is 2.17. The van der Waals surface area contributed by atoms with Gasteiger partial charge in [-0.1, -0.05) is 29.3 Å². The van der Waals surface area contributed by atoms with Crippen LogP contribution in [0.1, 0.15) is 18.5 Å². The molecule has 0 spiro atoms. The highest BCUT2D eigenvalue weighted by molar-refractivity contribution is 6.35. The number of benzene rings is 2. The van der Waals surface area contributed by atoms with Gasteiger partial charge < -0.3 is 14.8 Å². The molecule has 0 bridgehead atoms. The summed E-state index contributed by atoms with van der Waals surface area (Å²) in [6.45, 7) is 2.32. The first-order valence-corrected chi connectivity index (χ1v) is 7.00. The molecule has 3 rings (SSSR count). The van der Waals surface area contributed by atoms with Crippen molar-refractivity contribution < 1.29 is 9.47 Å². The highest BCUT2D eigenvalue weighted by Crippen LogP contribution is 2.36. The van der Waals surface area contributed by atoms with E-state index in [-0.39, 0.29) is 12.8 Å². The lowest BCUT2D eigenvalue weighted by Gasteiger charge is -2.17. The Morgan fingerprint density at radius 2 is 1.85 bits per heavy atom. The van der Waals surface area contributed by atoms with Gasteiger partial charge in [0.05, 0.1) is 0 Å². The van der Waals surface area contributed by atoms with Crippen LogP contribution in [0.25, 0.3) is 0 Å². The summed E-state index contributed by atoms with van der Waals surface area (Å²) in [7, 11) is 0. The molecule has 0 fully saturated rings. The molecule has 1 unspecified atom stereocenters. The molecule has 1 N–H and O–H groups in total. The van der Waals surface area contributed by atoms with E-state index in [2.05, 4.69) is 5.32 Å². The molecule has 3 nitrogen and oxygen atoms in total. The highest BCUT2D eigenvalue weighted by atomic mass is 35.5. The predicted octanol–water partition coefficient (Wildman–Crippen LogP) is 4.90. The number of halogens is 2. The zero-order chi connectivity index (χ0) is 14.1. The topological polar surface area (TPSA) is 30.5 Å². The lowest BCUT2D eigenvalue weighted by atomic mass is 10.1. The van der Waals surface area contributed by atoms with E-state index in [1.165, 1.54) is 0 Å². The van der Waals surface area contributed by atoms with Gasteiger partial charge in [0.15, 0.2) is 11.5 Å². The Kier molecular flexibility index (Phi) is 3.64. The summed E-state index contributed by atoms with van der Waals surface area (Å²) < 4.78 is 10.6. The van der Waals surface area contributed by atoms with Crippen LogP contribution in [0, 0.1) is 0 Å². The third-order valence-corrected chi connectivity index (χ3v) is 3.75. The number of anilines is 1. The van der Waals surface area contributed by atoms with E-state index in [9.17, 15) is 0 Å². The highest BCUT2D eigenvalue weighted by Gasteiger charge is 2.15. The summed E-state index contributed by atoms with van der Waals surface area (Å²) in [6.07, 6.45) is 0. The zero-order valence-electron chi connectivity index (χ0n) is 10.8. The summed E-state index contributed by atoms with van der Waals surface area (Å²) in [5, 5.41) is 4.67. The fourth-order valence-corrected chi connectivity index (χ4v) is 2.74. The minimum Gasteiger partial charge on any atom is -0.454 e. The van der Waals surface area contributed by atoms with Gasteiger partial charge in [0.2, 0.25) is 6.79 Å². The van der Waals surface area contributed by atoms with Crippen molar-refractivity contribution in [3.8, 4) is 11.5 Å². The summed E-state index contributed by atoms with van der Waals surface area (Å²) in [5.74, 6) is 1.53. The molecular formula is C15H13Cl2NO2. The van der Waals surface area contributed by atoms with Crippen molar-refractivity contribution in [1.29, 1.82) is 0 Å². The second-order valence-corrected chi connectivity index (χ2v) is 5.44. The molecular weight excluding hydrogens is 297 g/mol. The van der Waals surface area contributed by atoms with Crippen LogP contribution in [0.3, 0.4) is 0 Å². The molecule has 5 heteroatoms. The monoisotopic (exact) mass is 309 g/mol.